The second-order valence-electron chi connectivity index (χ2n) is 4.26. The van der Waals surface area contributed by atoms with Crippen molar-refractivity contribution in [3.8, 4) is 11.5 Å². The van der Waals surface area contributed by atoms with E-state index in [9.17, 15) is 15.2 Å². The first-order valence-electron chi connectivity index (χ1n) is 5.73. The average molecular weight is 254 g/mol. The molecule has 1 aromatic carbocycles. The summed E-state index contributed by atoms with van der Waals surface area (Å²) in [4.78, 5) is 10.2. The summed E-state index contributed by atoms with van der Waals surface area (Å²) in [5.41, 5.74) is 6.23. The summed E-state index contributed by atoms with van der Waals surface area (Å²) in [6, 6.07) is 2.51. The van der Waals surface area contributed by atoms with Crippen LogP contribution in [0.1, 0.15) is 31.9 Å². The van der Waals surface area contributed by atoms with E-state index in [1.807, 2.05) is 13.8 Å². The third-order valence-electron chi connectivity index (χ3n) is 3.14. The van der Waals surface area contributed by atoms with E-state index in [1.54, 1.807) is 6.07 Å². The Kier molecular flexibility index (Phi) is 4.49. The van der Waals surface area contributed by atoms with Crippen LogP contribution in [0.4, 0.5) is 5.69 Å². The minimum Gasteiger partial charge on any atom is -0.500 e. The van der Waals surface area contributed by atoms with Crippen molar-refractivity contribution < 1.29 is 14.8 Å². The molecule has 0 saturated heterocycles. The van der Waals surface area contributed by atoms with Crippen LogP contribution in [0.2, 0.25) is 0 Å². The lowest BCUT2D eigenvalue weighted by atomic mass is 9.93. The van der Waals surface area contributed by atoms with Crippen molar-refractivity contribution in [1.29, 1.82) is 0 Å². The third kappa shape index (κ3) is 2.70. The molecule has 6 heteroatoms. The molecule has 2 atom stereocenters. The minimum absolute atomic E-state index is 0.0675. The van der Waals surface area contributed by atoms with E-state index >= 15 is 0 Å². The maximum Gasteiger partial charge on any atom is 0.314 e. The van der Waals surface area contributed by atoms with Gasteiger partial charge in [-0.2, -0.15) is 0 Å². The second-order valence-corrected chi connectivity index (χ2v) is 4.26. The summed E-state index contributed by atoms with van der Waals surface area (Å²) in [6.07, 6.45) is 0.859. The number of rotatable bonds is 5. The normalized spacial score (nSPS) is 14.0. The molecule has 3 N–H and O–H groups in total. The highest BCUT2D eigenvalue weighted by Crippen LogP contribution is 2.39. The summed E-state index contributed by atoms with van der Waals surface area (Å²) in [6.45, 7) is 3.96. The number of ether oxygens (including phenoxy) is 1. The summed E-state index contributed by atoms with van der Waals surface area (Å²) < 4.78 is 4.93. The monoisotopic (exact) mass is 254 g/mol. The first-order chi connectivity index (χ1) is 8.42. The first kappa shape index (κ1) is 14.2. The van der Waals surface area contributed by atoms with Crippen molar-refractivity contribution in [3.05, 3.63) is 27.8 Å². The molecular weight excluding hydrogens is 236 g/mol. The fourth-order valence-electron chi connectivity index (χ4n) is 1.68. The third-order valence-corrected chi connectivity index (χ3v) is 3.14. The Morgan fingerprint density at radius 3 is 2.61 bits per heavy atom. The summed E-state index contributed by atoms with van der Waals surface area (Å²) in [5.74, 6) is -0.223. The summed E-state index contributed by atoms with van der Waals surface area (Å²) in [5, 5.41) is 20.5. The van der Waals surface area contributed by atoms with E-state index in [4.69, 9.17) is 10.5 Å². The summed E-state index contributed by atoms with van der Waals surface area (Å²) >= 11 is 0. The molecule has 0 aliphatic heterocycles. The lowest BCUT2D eigenvalue weighted by molar-refractivity contribution is -0.386. The molecule has 1 rings (SSSR count). The zero-order valence-electron chi connectivity index (χ0n) is 10.7. The van der Waals surface area contributed by atoms with Gasteiger partial charge in [0.05, 0.1) is 12.0 Å². The predicted octanol–water partition coefficient (Wildman–Crippen LogP) is 2.35. The van der Waals surface area contributed by atoms with Crippen LogP contribution in [0, 0.1) is 16.0 Å². The maximum atomic E-state index is 10.9. The van der Waals surface area contributed by atoms with Gasteiger partial charge in [-0.05, 0) is 17.5 Å². The Labute approximate surface area is 106 Å². The zero-order valence-corrected chi connectivity index (χ0v) is 10.7. The molecule has 0 saturated carbocycles. The molecule has 0 aliphatic carbocycles. The molecule has 0 fully saturated rings. The smallest absolute Gasteiger partial charge is 0.314 e. The molecule has 1 unspecified atom stereocenters. The molecule has 0 heterocycles. The topological polar surface area (TPSA) is 98.6 Å². The highest BCUT2D eigenvalue weighted by molar-refractivity contribution is 5.57. The van der Waals surface area contributed by atoms with Crippen LogP contribution in [0.15, 0.2) is 12.1 Å². The van der Waals surface area contributed by atoms with Gasteiger partial charge in [0, 0.05) is 12.1 Å². The molecule has 6 nitrogen and oxygen atoms in total. The number of nitro benzene ring substituents is 1. The molecule has 0 aliphatic rings. The Morgan fingerprint density at radius 2 is 2.17 bits per heavy atom. The van der Waals surface area contributed by atoms with E-state index in [0.29, 0.717) is 5.56 Å². The van der Waals surface area contributed by atoms with Gasteiger partial charge in [-0.25, -0.2) is 0 Å². The standard InChI is InChI=1S/C12H18N2O4/c1-4-7(2)11(13)8-5-9(14(16)17)12(15)10(6-8)18-3/h5-7,11,15H,4,13H2,1-3H3/t7?,11-/m0/s1. The minimum atomic E-state index is -0.648. The molecular formula is C12H18N2O4. The fourth-order valence-corrected chi connectivity index (χ4v) is 1.68. The number of phenolic OH excluding ortho intramolecular Hbond substituents is 1. The Balaban J connectivity index is 3.29. The number of aromatic hydroxyl groups is 1. The lowest BCUT2D eigenvalue weighted by Crippen LogP contribution is -2.18. The highest BCUT2D eigenvalue weighted by Gasteiger charge is 2.23. The number of nitrogens with two attached hydrogens (primary N) is 1. The van der Waals surface area contributed by atoms with Crippen LogP contribution in [0.25, 0.3) is 0 Å². The molecule has 0 radical (unpaired) electrons. The van der Waals surface area contributed by atoms with Crippen LogP contribution in [-0.2, 0) is 0 Å². The number of hydrogen-bond acceptors (Lipinski definition) is 5. The maximum absolute atomic E-state index is 10.9. The van der Waals surface area contributed by atoms with Gasteiger partial charge in [-0.15, -0.1) is 0 Å². The molecule has 0 amide bonds. The average Bonchev–Trinajstić information content (AvgIpc) is 2.36. The van der Waals surface area contributed by atoms with Crippen molar-refractivity contribution in [3.63, 3.8) is 0 Å². The SMILES string of the molecule is CCC(C)[C@H](N)c1cc(OC)c(O)c([N+](=O)[O-])c1. The van der Waals surface area contributed by atoms with Crippen molar-refractivity contribution >= 4 is 5.69 Å². The van der Waals surface area contributed by atoms with Crippen LogP contribution >= 0.6 is 0 Å². The quantitative estimate of drug-likeness (QED) is 0.620. The van der Waals surface area contributed by atoms with E-state index in [-0.39, 0.29) is 23.4 Å². The molecule has 0 bridgehead atoms. The molecule has 1 aromatic rings. The molecule has 0 spiro atoms. The number of nitro groups is 1. The molecule has 100 valence electrons. The number of nitrogens with zero attached hydrogens (tertiary/aromatic N) is 1. The highest BCUT2D eigenvalue weighted by atomic mass is 16.6. The van der Waals surface area contributed by atoms with Crippen LogP contribution in [0.3, 0.4) is 0 Å². The van der Waals surface area contributed by atoms with Crippen LogP contribution in [-0.4, -0.2) is 17.1 Å². The second kappa shape index (κ2) is 5.68. The zero-order chi connectivity index (χ0) is 13.9. The van der Waals surface area contributed by atoms with Gasteiger partial charge >= 0.3 is 5.69 Å². The van der Waals surface area contributed by atoms with Gasteiger partial charge in [0.2, 0.25) is 5.75 Å². The van der Waals surface area contributed by atoms with Crippen LogP contribution < -0.4 is 10.5 Å². The Morgan fingerprint density at radius 1 is 1.56 bits per heavy atom. The van der Waals surface area contributed by atoms with E-state index in [2.05, 4.69) is 0 Å². The van der Waals surface area contributed by atoms with Gasteiger partial charge in [0.15, 0.2) is 5.75 Å². The van der Waals surface area contributed by atoms with Gasteiger partial charge < -0.3 is 15.6 Å². The van der Waals surface area contributed by atoms with Crippen LogP contribution in [0.5, 0.6) is 11.5 Å². The van der Waals surface area contributed by atoms with Crippen molar-refractivity contribution in [2.24, 2.45) is 11.7 Å². The van der Waals surface area contributed by atoms with Gasteiger partial charge in [0.25, 0.3) is 0 Å². The number of phenols is 1. The first-order valence-corrected chi connectivity index (χ1v) is 5.73. The number of benzene rings is 1. The summed E-state index contributed by atoms with van der Waals surface area (Å²) in [7, 11) is 1.34. The number of hydrogen-bond donors (Lipinski definition) is 2. The van der Waals surface area contributed by atoms with Gasteiger partial charge in [-0.3, -0.25) is 10.1 Å². The Bertz CT molecular complexity index is 448. The van der Waals surface area contributed by atoms with E-state index in [1.165, 1.54) is 13.2 Å². The lowest BCUT2D eigenvalue weighted by Gasteiger charge is -2.19. The number of methoxy groups -OCH3 is 1. The van der Waals surface area contributed by atoms with E-state index < -0.39 is 10.7 Å². The molecule has 18 heavy (non-hydrogen) atoms. The predicted molar refractivity (Wildman–Crippen MR) is 67.7 cm³/mol. The van der Waals surface area contributed by atoms with Crippen molar-refractivity contribution in [1.82, 2.24) is 0 Å². The molecule has 0 aromatic heterocycles. The van der Waals surface area contributed by atoms with Gasteiger partial charge in [0.1, 0.15) is 0 Å². The van der Waals surface area contributed by atoms with Crippen molar-refractivity contribution in [2.45, 2.75) is 26.3 Å². The van der Waals surface area contributed by atoms with Crippen molar-refractivity contribution in [2.75, 3.05) is 7.11 Å². The Hall–Kier alpha value is -1.82. The fraction of sp³-hybridized carbons (Fsp3) is 0.500. The largest absolute Gasteiger partial charge is 0.500 e. The van der Waals surface area contributed by atoms with E-state index in [0.717, 1.165) is 6.42 Å². The van der Waals surface area contributed by atoms with Gasteiger partial charge in [-0.1, -0.05) is 20.3 Å².